The van der Waals surface area contributed by atoms with E-state index in [9.17, 15) is 9.59 Å². The molecule has 0 spiro atoms. The van der Waals surface area contributed by atoms with Gasteiger partial charge in [0.05, 0.1) is 6.61 Å². The monoisotopic (exact) mass is 284 g/mol. The topological polar surface area (TPSA) is 55.4 Å². The van der Waals surface area contributed by atoms with Gasteiger partial charge in [-0.1, -0.05) is 20.8 Å². The molecule has 0 saturated carbocycles. The molecule has 17 heavy (non-hydrogen) atoms. The largest absolute Gasteiger partial charge is 0.380 e. The molecule has 0 aromatic heterocycles. The van der Waals surface area contributed by atoms with Crippen molar-refractivity contribution in [2.75, 3.05) is 19.8 Å². The molecule has 5 heteroatoms. The van der Waals surface area contributed by atoms with Crippen LogP contribution in [0, 0.1) is 0 Å². The van der Waals surface area contributed by atoms with E-state index < -0.39 is 0 Å². The van der Waals surface area contributed by atoms with E-state index in [-0.39, 0.29) is 38.1 Å². The van der Waals surface area contributed by atoms with Crippen molar-refractivity contribution in [2.24, 2.45) is 0 Å². The fourth-order valence-electron chi connectivity index (χ4n) is 0.887. The number of ether oxygens (including phenoxy) is 1. The van der Waals surface area contributed by atoms with E-state index in [0.29, 0.717) is 19.6 Å². The maximum absolute atomic E-state index is 11.1. The maximum atomic E-state index is 11.1. The third kappa shape index (κ3) is 21.5. The number of nitrogens with one attached hydrogen (secondary N) is 1. The molecule has 0 aliphatic carbocycles. The van der Waals surface area contributed by atoms with E-state index >= 15 is 0 Å². The number of carbonyl (C=O) groups is 2. The Morgan fingerprint density at radius 2 is 1.76 bits per heavy atom. The van der Waals surface area contributed by atoms with E-state index in [2.05, 4.69) is 5.32 Å². The maximum Gasteiger partial charge on any atom is 0.220 e. The van der Waals surface area contributed by atoms with Gasteiger partial charge in [0.2, 0.25) is 5.91 Å². The van der Waals surface area contributed by atoms with Gasteiger partial charge in [0, 0.05) is 46.0 Å². The minimum atomic E-state index is -0.0831. The molecule has 0 aliphatic heterocycles. The average molecular weight is 284 g/mol. The van der Waals surface area contributed by atoms with Gasteiger partial charge >= 0.3 is 0 Å². The second-order valence-electron chi connectivity index (χ2n) is 3.16. The molecular formula is C12H27NO3V. The van der Waals surface area contributed by atoms with Crippen LogP contribution in [0.2, 0.25) is 0 Å². The first-order valence-corrected chi connectivity index (χ1v) is 6.00. The number of Topliss-reactive ketones (excluding diaryl/α,β-unsaturated/α-hetero) is 1. The quantitative estimate of drug-likeness (QED) is 0.695. The number of amides is 1. The Hall–Kier alpha value is -0.316. The van der Waals surface area contributed by atoms with E-state index in [1.807, 2.05) is 20.8 Å². The summed E-state index contributed by atoms with van der Waals surface area (Å²) in [7, 11) is 0. The summed E-state index contributed by atoms with van der Waals surface area (Å²) in [6.45, 7) is 9.31. The van der Waals surface area contributed by atoms with Crippen molar-refractivity contribution in [2.45, 2.75) is 47.0 Å². The van der Waals surface area contributed by atoms with Crippen molar-refractivity contribution in [1.82, 2.24) is 5.32 Å². The Morgan fingerprint density at radius 1 is 1.18 bits per heavy atom. The van der Waals surface area contributed by atoms with Gasteiger partial charge in [-0.3, -0.25) is 4.79 Å². The number of carbonyl (C=O) groups excluding carboxylic acids is 2. The Balaban J connectivity index is -0.000000232. The molecule has 0 atom stereocenters. The number of ketones is 1. The Kier molecular flexibility index (Phi) is 23.3. The third-order valence-corrected chi connectivity index (χ3v) is 1.62. The van der Waals surface area contributed by atoms with Crippen molar-refractivity contribution in [3.8, 4) is 0 Å². The molecule has 0 heterocycles. The van der Waals surface area contributed by atoms with Crippen molar-refractivity contribution in [1.29, 1.82) is 0 Å². The Labute approximate surface area is 118 Å². The second-order valence-corrected chi connectivity index (χ2v) is 3.16. The van der Waals surface area contributed by atoms with Crippen LogP contribution < -0.4 is 5.32 Å². The minimum Gasteiger partial charge on any atom is -0.380 e. The predicted molar refractivity (Wildman–Crippen MR) is 67.5 cm³/mol. The molecule has 0 fully saturated rings. The summed E-state index contributed by atoms with van der Waals surface area (Å²) in [5.41, 5.74) is 0. The molecule has 1 amide bonds. The molecule has 103 valence electrons. The fourth-order valence-corrected chi connectivity index (χ4v) is 0.887. The molecule has 0 saturated heterocycles. The van der Waals surface area contributed by atoms with Crippen LogP contribution in [0.5, 0.6) is 0 Å². The molecule has 0 aromatic rings. The molecule has 1 N–H and O–H groups in total. The summed E-state index contributed by atoms with van der Waals surface area (Å²) >= 11 is 0. The first kappa shape index (κ1) is 21.9. The van der Waals surface area contributed by atoms with E-state index in [1.54, 1.807) is 0 Å². The zero-order chi connectivity index (χ0) is 12.8. The van der Waals surface area contributed by atoms with Gasteiger partial charge in [-0.15, -0.1) is 0 Å². The number of rotatable bonds is 8. The van der Waals surface area contributed by atoms with Crippen molar-refractivity contribution in [3.05, 3.63) is 0 Å². The molecule has 0 rings (SSSR count). The van der Waals surface area contributed by atoms with Crippen LogP contribution >= 0.6 is 0 Å². The molecular weight excluding hydrogens is 257 g/mol. The van der Waals surface area contributed by atoms with Gasteiger partial charge < -0.3 is 14.8 Å². The summed E-state index contributed by atoms with van der Waals surface area (Å²) in [4.78, 5) is 21.6. The van der Waals surface area contributed by atoms with Crippen molar-refractivity contribution >= 4 is 11.7 Å². The first-order valence-electron chi connectivity index (χ1n) is 6.00. The van der Waals surface area contributed by atoms with E-state index in [0.717, 1.165) is 13.0 Å². The number of hydrogen-bond acceptors (Lipinski definition) is 3. The standard InChI is InChI=1S/C10H19NO3.C2H6.V.H2/c1-3-7-14-8-6-11-10(13)5-4-9(2)12;1-2;;/h3-8H2,1-2H3,(H,11,13);1-2H3;;1H. The van der Waals surface area contributed by atoms with Crippen LogP contribution in [0.15, 0.2) is 0 Å². The summed E-state index contributed by atoms with van der Waals surface area (Å²) in [5.74, 6) is -0.0392. The fraction of sp³-hybridized carbons (Fsp3) is 0.833. The van der Waals surface area contributed by atoms with Gasteiger partial charge in [0.1, 0.15) is 5.78 Å². The summed E-state index contributed by atoms with van der Waals surface area (Å²) in [6.07, 6.45) is 1.59. The SMILES string of the molecule is CC.CCCOCCNC(=O)CCC(C)=O.[HH].[V]. The van der Waals surface area contributed by atoms with Crippen LogP contribution in [-0.4, -0.2) is 31.4 Å². The summed E-state index contributed by atoms with van der Waals surface area (Å²) < 4.78 is 5.18. The zero-order valence-electron chi connectivity index (χ0n) is 11.4. The minimum absolute atomic E-state index is 0. The Morgan fingerprint density at radius 3 is 2.24 bits per heavy atom. The normalized spacial score (nSPS) is 8.47. The van der Waals surface area contributed by atoms with Gasteiger partial charge in [-0.25, -0.2) is 0 Å². The van der Waals surface area contributed by atoms with Crippen molar-refractivity contribution < 1.29 is 34.3 Å². The molecule has 0 bridgehead atoms. The first-order chi connectivity index (χ1) is 7.66. The molecule has 0 aromatic carbocycles. The summed E-state index contributed by atoms with van der Waals surface area (Å²) in [5, 5.41) is 2.68. The van der Waals surface area contributed by atoms with Crippen LogP contribution in [-0.2, 0) is 32.9 Å². The molecule has 0 aliphatic rings. The predicted octanol–water partition coefficient (Wildman–Crippen LogP) is 2.17. The van der Waals surface area contributed by atoms with E-state index in [1.165, 1.54) is 6.92 Å². The van der Waals surface area contributed by atoms with Crippen LogP contribution in [0.3, 0.4) is 0 Å². The second kappa shape index (κ2) is 18.1. The van der Waals surface area contributed by atoms with Crippen molar-refractivity contribution in [3.63, 3.8) is 0 Å². The van der Waals surface area contributed by atoms with Crippen LogP contribution in [0.4, 0.5) is 0 Å². The van der Waals surface area contributed by atoms with Crippen LogP contribution in [0.25, 0.3) is 0 Å². The van der Waals surface area contributed by atoms with Gasteiger partial charge in [0.25, 0.3) is 0 Å². The number of hydrogen-bond donors (Lipinski definition) is 1. The third-order valence-electron chi connectivity index (χ3n) is 1.62. The summed E-state index contributed by atoms with van der Waals surface area (Å²) in [6, 6.07) is 0. The molecule has 1 radical (unpaired) electrons. The average Bonchev–Trinajstić information content (AvgIpc) is 2.29. The van der Waals surface area contributed by atoms with Crippen LogP contribution in [0.1, 0.15) is 48.4 Å². The molecule has 4 nitrogen and oxygen atoms in total. The van der Waals surface area contributed by atoms with Gasteiger partial charge in [0.15, 0.2) is 0 Å². The smallest absolute Gasteiger partial charge is 0.220 e. The van der Waals surface area contributed by atoms with Gasteiger partial charge in [-0.05, 0) is 13.3 Å². The molecule has 0 unspecified atom stereocenters. The zero-order valence-corrected chi connectivity index (χ0v) is 12.8. The Bertz CT molecular complexity index is 192. The van der Waals surface area contributed by atoms with E-state index in [4.69, 9.17) is 4.74 Å². The van der Waals surface area contributed by atoms with Gasteiger partial charge in [-0.2, -0.15) is 0 Å².